The van der Waals surface area contributed by atoms with Gasteiger partial charge in [-0.25, -0.2) is 4.98 Å². The van der Waals surface area contributed by atoms with Gasteiger partial charge in [0.15, 0.2) is 11.7 Å². The SMILES string of the molecule is COc1ccc(N2CCC(NC(=O)CCc3ncc(-c4ccc(Cl)cc4)o3)CC2)cc1. The molecule has 4 rings (SSSR count). The summed E-state index contributed by atoms with van der Waals surface area (Å²) in [5, 5.41) is 3.83. The first-order valence-corrected chi connectivity index (χ1v) is 10.9. The van der Waals surface area contributed by atoms with Gasteiger partial charge >= 0.3 is 0 Å². The van der Waals surface area contributed by atoms with E-state index >= 15 is 0 Å². The molecular weight excluding hydrogens is 414 g/mol. The van der Waals surface area contributed by atoms with Crippen LogP contribution in [0.2, 0.25) is 5.02 Å². The second-order valence-electron chi connectivity index (χ2n) is 7.65. The molecule has 1 saturated heterocycles. The number of aromatic nitrogens is 1. The van der Waals surface area contributed by atoms with E-state index in [1.807, 2.05) is 36.4 Å². The molecule has 1 amide bonds. The summed E-state index contributed by atoms with van der Waals surface area (Å²) >= 11 is 5.92. The van der Waals surface area contributed by atoms with Crippen LogP contribution in [0, 0.1) is 0 Å². The van der Waals surface area contributed by atoms with Gasteiger partial charge in [-0.15, -0.1) is 0 Å². The van der Waals surface area contributed by atoms with Crippen LogP contribution in [-0.4, -0.2) is 37.1 Å². The summed E-state index contributed by atoms with van der Waals surface area (Å²) in [7, 11) is 1.67. The summed E-state index contributed by atoms with van der Waals surface area (Å²) in [6, 6.07) is 15.7. The first-order valence-electron chi connectivity index (χ1n) is 10.5. The Labute approximate surface area is 187 Å². The maximum Gasteiger partial charge on any atom is 0.220 e. The number of halogens is 1. The molecule has 0 unspecified atom stereocenters. The molecule has 0 bridgehead atoms. The highest BCUT2D eigenvalue weighted by Crippen LogP contribution is 2.24. The third-order valence-corrected chi connectivity index (χ3v) is 5.80. The van der Waals surface area contributed by atoms with Crippen LogP contribution in [0.1, 0.15) is 25.2 Å². The Kier molecular flexibility index (Phi) is 6.77. The second kappa shape index (κ2) is 9.88. The Morgan fingerprint density at radius 3 is 2.55 bits per heavy atom. The number of oxazole rings is 1. The van der Waals surface area contributed by atoms with Crippen LogP contribution in [0.25, 0.3) is 11.3 Å². The number of hydrogen-bond acceptors (Lipinski definition) is 5. The Balaban J connectivity index is 1.21. The maximum atomic E-state index is 12.4. The zero-order chi connectivity index (χ0) is 21.6. The van der Waals surface area contributed by atoms with Crippen LogP contribution in [0.5, 0.6) is 5.75 Å². The number of anilines is 1. The van der Waals surface area contributed by atoms with Crippen LogP contribution in [0.4, 0.5) is 5.69 Å². The van der Waals surface area contributed by atoms with Crippen molar-refractivity contribution in [1.82, 2.24) is 10.3 Å². The van der Waals surface area contributed by atoms with E-state index < -0.39 is 0 Å². The van der Waals surface area contributed by atoms with Gasteiger partial charge in [-0.3, -0.25) is 4.79 Å². The fraction of sp³-hybridized carbons (Fsp3) is 0.333. The van der Waals surface area contributed by atoms with E-state index in [1.54, 1.807) is 13.3 Å². The van der Waals surface area contributed by atoms with E-state index in [0.717, 1.165) is 37.2 Å². The van der Waals surface area contributed by atoms with E-state index in [2.05, 4.69) is 27.3 Å². The van der Waals surface area contributed by atoms with Crippen molar-refractivity contribution < 1.29 is 13.9 Å². The quantitative estimate of drug-likeness (QED) is 0.576. The van der Waals surface area contributed by atoms with Crippen molar-refractivity contribution >= 4 is 23.2 Å². The maximum absolute atomic E-state index is 12.4. The van der Waals surface area contributed by atoms with Crippen molar-refractivity contribution in [3.05, 3.63) is 65.6 Å². The molecule has 1 N–H and O–H groups in total. The molecule has 7 heteroatoms. The monoisotopic (exact) mass is 439 g/mol. The minimum absolute atomic E-state index is 0.0362. The highest BCUT2D eigenvalue weighted by Gasteiger charge is 2.21. The molecular formula is C24H26ClN3O3. The number of nitrogens with one attached hydrogen (secondary N) is 1. The van der Waals surface area contributed by atoms with E-state index in [1.165, 1.54) is 5.69 Å². The number of nitrogens with zero attached hydrogens (tertiary/aromatic N) is 2. The van der Waals surface area contributed by atoms with E-state index in [4.69, 9.17) is 20.8 Å². The third kappa shape index (κ3) is 5.58. The molecule has 2 aromatic carbocycles. The van der Waals surface area contributed by atoms with Crippen LogP contribution in [0.3, 0.4) is 0 Å². The van der Waals surface area contributed by atoms with Crippen molar-refractivity contribution in [1.29, 1.82) is 0 Å². The lowest BCUT2D eigenvalue weighted by molar-refractivity contribution is -0.122. The average molecular weight is 440 g/mol. The van der Waals surface area contributed by atoms with Gasteiger partial charge in [0.2, 0.25) is 5.91 Å². The van der Waals surface area contributed by atoms with Crippen LogP contribution >= 0.6 is 11.6 Å². The Bertz CT molecular complexity index is 994. The summed E-state index contributed by atoms with van der Waals surface area (Å²) in [4.78, 5) is 19.0. The summed E-state index contributed by atoms with van der Waals surface area (Å²) in [6.07, 6.45) is 4.38. The molecule has 2 heterocycles. The first kappa shape index (κ1) is 21.2. The number of carbonyl (C=O) groups excluding carboxylic acids is 1. The lowest BCUT2D eigenvalue weighted by Crippen LogP contribution is -2.44. The van der Waals surface area contributed by atoms with Gasteiger partial charge in [-0.2, -0.15) is 0 Å². The van der Waals surface area contributed by atoms with Crippen molar-refractivity contribution in [2.45, 2.75) is 31.7 Å². The number of benzene rings is 2. The van der Waals surface area contributed by atoms with Crippen molar-refractivity contribution in [3.8, 4) is 17.1 Å². The van der Waals surface area contributed by atoms with Crippen molar-refractivity contribution in [2.24, 2.45) is 0 Å². The smallest absolute Gasteiger partial charge is 0.220 e. The number of amides is 1. The van der Waals surface area contributed by atoms with E-state index in [-0.39, 0.29) is 11.9 Å². The molecule has 0 aliphatic carbocycles. The predicted molar refractivity (Wildman–Crippen MR) is 122 cm³/mol. The Morgan fingerprint density at radius 2 is 1.87 bits per heavy atom. The standard InChI is InChI=1S/C24H26ClN3O3/c1-30-21-8-6-20(7-9-21)28-14-12-19(13-15-28)27-23(29)10-11-24-26-16-22(31-24)17-2-4-18(25)5-3-17/h2-9,16,19H,10-15H2,1H3,(H,27,29). The summed E-state index contributed by atoms with van der Waals surface area (Å²) in [6.45, 7) is 1.84. The minimum Gasteiger partial charge on any atom is -0.497 e. The molecule has 0 spiro atoms. The number of rotatable bonds is 7. The first-order chi connectivity index (χ1) is 15.1. The largest absolute Gasteiger partial charge is 0.497 e. The average Bonchev–Trinajstić information content (AvgIpc) is 3.28. The lowest BCUT2D eigenvalue weighted by atomic mass is 10.0. The fourth-order valence-corrected chi connectivity index (χ4v) is 3.89. The molecule has 162 valence electrons. The van der Waals surface area contributed by atoms with Gasteiger partial charge in [-0.1, -0.05) is 11.6 Å². The number of hydrogen-bond donors (Lipinski definition) is 1. The highest BCUT2D eigenvalue weighted by atomic mass is 35.5. The molecule has 0 saturated carbocycles. The predicted octanol–water partition coefficient (Wildman–Crippen LogP) is 4.72. The number of methoxy groups -OCH3 is 1. The summed E-state index contributed by atoms with van der Waals surface area (Å²) in [5.74, 6) is 2.14. The molecule has 1 fully saturated rings. The number of carbonyl (C=O) groups is 1. The molecule has 6 nitrogen and oxygen atoms in total. The molecule has 0 radical (unpaired) electrons. The Morgan fingerprint density at radius 1 is 1.16 bits per heavy atom. The topological polar surface area (TPSA) is 67.6 Å². The minimum atomic E-state index is 0.0362. The fourth-order valence-electron chi connectivity index (χ4n) is 3.77. The molecule has 1 aliphatic heterocycles. The number of piperidine rings is 1. The highest BCUT2D eigenvalue weighted by molar-refractivity contribution is 6.30. The number of aryl methyl sites for hydroxylation is 1. The van der Waals surface area contributed by atoms with E-state index in [0.29, 0.717) is 29.5 Å². The zero-order valence-corrected chi connectivity index (χ0v) is 18.3. The normalized spacial score (nSPS) is 14.5. The third-order valence-electron chi connectivity index (χ3n) is 5.55. The molecule has 31 heavy (non-hydrogen) atoms. The van der Waals surface area contributed by atoms with Crippen LogP contribution < -0.4 is 15.0 Å². The molecule has 1 aliphatic rings. The molecule has 3 aromatic rings. The van der Waals surface area contributed by atoms with Gasteiger partial charge in [-0.05, 0) is 61.4 Å². The van der Waals surface area contributed by atoms with E-state index in [9.17, 15) is 4.79 Å². The Hall–Kier alpha value is -2.99. The molecule has 1 aromatic heterocycles. The van der Waals surface area contributed by atoms with Gasteiger partial charge in [0, 0.05) is 48.2 Å². The van der Waals surface area contributed by atoms with Crippen molar-refractivity contribution in [2.75, 3.05) is 25.1 Å². The van der Waals surface area contributed by atoms with Gasteiger partial charge < -0.3 is 19.4 Å². The zero-order valence-electron chi connectivity index (χ0n) is 17.5. The van der Waals surface area contributed by atoms with Crippen LogP contribution in [-0.2, 0) is 11.2 Å². The van der Waals surface area contributed by atoms with Gasteiger partial charge in [0.05, 0.1) is 13.3 Å². The molecule has 0 atom stereocenters. The second-order valence-corrected chi connectivity index (χ2v) is 8.09. The van der Waals surface area contributed by atoms with Crippen LogP contribution in [0.15, 0.2) is 59.1 Å². The lowest BCUT2D eigenvalue weighted by Gasteiger charge is -2.34. The number of ether oxygens (including phenoxy) is 1. The summed E-state index contributed by atoms with van der Waals surface area (Å²) < 4.78 is 11.0. The summed E-state index contributed by atoms with van der Waals surface area (Å²) in [5.41, 5.74) is 2.10. The van der Waals surface area contributed by atoms with Crippen molar-refractivity contribution in [3.63, 3.8) is 0 Å². The van der Waals surface area contributed by atoms with Gasteiger partial charge in [0.25, 0.3) is 0 Å². The van der Waals surface area contributed by atoms with Gasteiger partial charge in [0.1, 0.15) is 5.75 Å².